The first-order valence-electron chi connectivity index (χ1n) is 11.1. The Balaban J connectivity index is 1.40. The lowest BCUT2D eigenvalue weighted by Crippen LogP contribution is -2.56. The highest BCUT2D eigenvalue weighted by molar-refractivity contribution is 7.09. The number of hydrogen-bond donors (Lipinski definition) is 2. The SMILES string of the molecule is COCC1CN(CC2CCN(Cc3cncs3)CC2)C(=O)N(c2cccc(C(=N)N)c2)C1. The maximum absolute atomic E-state index is 13.4. The highest BCUT2D eigenvalue weighted by Crippen LogP contribution is 2.27. The van der Waals surface area contributed by atoms with Crippen LogP contribution in [0.1, 0.15) is 23.3 Å². The zero-order valence-electron chi connectivity index (χ0n) is 18.6. The lowest BCUT2D eigenvalue weighted by atomic mass is 9.95. The highest BCUT2D eigenvalue weighted by Gasteiger charge is 2.34. The van der Waals surface area contributed by atoms with Crippen LogP contribution in [-0.2, 0) is 11.3 Å². The van der Waals surface area contributed by atoms with Crippen LogP contribution in [0.25, 0.3) is 0 Å². The Hall–Kier alpha value is -2.49. The minimum Gasteiger partial charge on any atom is -0.384 e. The van der Waals surface area contributed by atoms with Crippen LogP contribution in [0, 0.1) is 17.2 Å². The molecule has 32 heavy (non-hydrogen) atoms. The van der Waals surface area contributed by atoms with Crippen molar-refractivity contribution < 1.29 is 9.53 Å². The lowest BCUT2D eigenvalue weighted by Gasteiger charge is -2.42. The minimum atomic E-state index is 0.00620. The van der Waals surface area contributed by atoms with Crippen molar-refractivity contribution in [2.75, 3.05) is 51.3 Å². The summed E-state index contributed by atoms with van der Waals surface area (Å²) in [6, 6.07) is 7.42. The molecule has 3 N–H and O–H groups in total. The maximum atomic E-state index is 13.4. The Morgan fingerprint density at radius 3 is 2.78 bits per heavy atom. The molecule has 1 atom stereocenters. The zero-order chi connectivity index (χ0) is 22.5. The summed E-state index contributed by atoms with van der Waals surface area (Å²) in [5.41, 5.74) is 8.97. The van der Waals surface area contributed by atoms with E-state index >= 15 is 0 Å². The number of carbonyl (C=O) groups excluding carboxylic acids is 1. The van der Waals surface area contributed by atoms with Gasteiger partial charge >= 0.3 is 6.03 Å². The Labute approximate surface area is 193 Å². The second kappa shape index (κ2) is 10.4. The van der Waals surface area contributed by atoms with Gasteiger partial charge in [0.05, 0.1) is 12.1 Å². The van der Waals surface area contributed by atoms with Crippen LogP contribution in [-0.4, -0.2) is 73.1 Å². The fourth-order valence-electron chi connectivity index (χ4n) is 4.68. The zero-order valence-corrected chi connectivity index (χ0v) is 19.4. The standard InChI is InChI=1S/C23H32N6O2S/c1-31-15-18-12-28(11-17-5-7-27(8-6-17)14-21-10-26-16-32-21)23(30)29(13-18)20-4-2-3-19(9-20)22(24)25/h2-4,9-10,16-18H,5-8,11-15H2,1H3,(H3,24,25). The van der Waals surface area contributed by atoms with Crippen LogP contribution >= 0.6 is 11.3 Å². The number of likely N-dealkylation sites (tertiary alicyclic amines) is 1. The molecule has 8 nitrogen and oxygen atoms in total. The molecule has 2 aliphatic heterocycles. The summed E-state index contributed by atoms with van der Waals surface area (Å²) >= 11 is 1.71. The number of methoxy groups -OCH3 is 1. The van der Waals surface area contributed by atoms with E-state index in [1.54, 1.807) is 24.5 Å². The van der Waals surface area contributed by atoms with Gasteiger partial charge in [-0.15, -0.1) is 11.3 Å². The van der Waals surface area contributed by atoms with E-state index in [0.717, 1.165) is 51.3 Å². The van der Waals surface area contributed by atoms with Crippen molar-refractivity contribution in [3.63, 3.8) is 0 Å². The van der Waals surface area contributed by atoms with Gasteiger partial charge in [-0.1, -0.05) is 12.1 Å². The Morgan fingerprint density at radius 1 is 1.28 bits per heavy atom. The number of hydrogen-bond acceptors (Lipinski definition) is 6. The van der Waals surface area contributed by atoms with E-state index in [4.69, 9.17) is 15.9 Å². The summed E-state index contributed by atoms with van der Waals surface area (Å²) in [6.07, 6.45) is 4.14. The van der Waals surface area contributed by atoms with Crippen LogP contribution in [0.15, 0.2) is 36.0 Å². The number of nitrogens with zero attached hydrogens (tertiary/aromatic N) is 4. The van der Waals surface area contributed by atoms with Gasteiger partial charge in [0.1, 0.15) is 5.84 Å². The topological polar surface area (TPSA) is 98.8 Å². The average molecular weight is 457 g/mol. The van der Waals surface area contributed by atoms with Gasteiger partial charge in [0, 0.05) is 61.5 Å². The number of benzene rings is 1. The van der Waals surface area contributed by atoms with Crippen LogP contribution in [0.3, 0.4) is 0 Å². The second-order valence-electron chi connectivity index (χ2n) is 8.77. The van der Waals surface area contributed by atoms with Crippen molar-refractivity contribution in [2.24, 2.45) is 17.6 Å². The summed E-state index contributed by atoms with van der Waals surface area (Å²) in [5.74, 6) is 0.750. The predicted octanol–water partition coefficient (Wildman–Crippen LogP) is 2.84. The largest absolute Gasteiger partial charge is 0.384 e. The summed E-state index contributed by atoms with van der Waals surface area (Å²) in [4.78, 5) is 25.2. The van der Waals surface area contributed by atoms with E-state index in [0.29, 0.717) is 24.6 Å². The highest BCUT2D eigenvalue weighted by atomic mass is 32.1. The van der Waals surface area contributed by atoms with E-state index in [-0.39, 0.29) is 17.8 Å². The molecule has 2 aromatic rings. The molecule has 4 rings (SSSR count). The van der Waals surface area contributed by atoms with Crippen molar-refractivity contribution in [3.8, 4) is 0 Å². The molecule has 172 valence electrons. The third-order valence-corrected chi connectivity index (χ3v) is 7.11. The number of rotatable bonds is 8. The lowest BCUT2D eigenvalue weighted by molar-refractivity contribution is 0.0987. The van der Waals surface area contributed by atoms with E-state index in [2.05, 4.69) is 9.88 Å². The predicted molar refractivity (Wildman–Crippen MR) is 127 cm³/mol. The number of amidine groups is 1. The molecule has 2 fully saturated rings. The first kappa shape index (κ1) is 22.7. The van der Waals surface area contributed by atoms with Crippen LogP contribution in [0.2, 0.25) is 0 Å². The van der Waals surface area contributed by atoms with Gasteiger partial charge in [-0.2, -0.15) is 0 Å². The maximum Gasteiger partial charge on any atom is 0.324 e. The summed E-state index contributed by atoms with van der Waals surface area (Å²) in [5, 5.41) is 7.73. The third kappa shape index (κ3) is 5.46. The van der Waals surface area contributed by atoms with Gasteiger partial charge in [-0.3, -0.25) is 20.2 Å². The molecule has 1 aromatic carbocycles. The minimum absolute atomic E-state index is 0.00620. The first-order chi connectivity index (χ1) is 15.5. The number of nitrogens with two attached hydrogens (primary N) is 1. The summed E-state index contributed by atoms with van der Waals surface area (Å²) in [7, 11) is 1.71. The number of carbonyl (C=O) groups is 1. The normalized spacial score (nSPS) is 20.7. The number of amides is 2. The number of nitrogen functional groups attached to an aromatic ring is 1. The monoisotopic (exact) mass is 456 g/mol. The molecule has 3 heterocycles. The molecule has 1 unspecified atom stereocenters. The van der Waals surface area contributed by atoms with E-state index < -0.39 is 0 Å². The Kier molecular flexibility index (Phi) is 7.39. The fraction of sp³-hybridized carbons (Fsp3) is 0.522. The van der Waals surface area contributed by atoms with E-state index in [9.17, 15) is 4.79 Å². The molecule has 2 aliphatic rings. The average Bonchev–Trinajstić information content (AvgIpc) is 3.30. The van der Waals surface area contributed by atoms with Crippen molar-refractivity contribution in [2.45, 2.75) is 19.4 Å². The van der Waals surface area contributed by atoms with Crippen molar-refractivity contribution in [3.05, 3.63) is 46.4 Å². The van der Waals surface area contributed by atoms with Crippen LogP contribution in [0.4, 0.5) is 10.5 Å². The van der Waals surface area contributed by atoms with Crippen LogP contribution < -0.4 is 10.6 Å². The number of piperidine rings is 1. The second-order valence-corrected chi connectivity index (χ2v) is 9.74. The number of thiazole rings is 1. The number of aromatic nitrogens is 1. The van der Waals surface area contributed by atoms with E-state index in [1.807, 2.05) is 39.7 Å². The molecule has 9 heteroatoms. The first-order valence-corrected chi connectivity index (χ1v) is 12.0. The van der Waals surface area contributed by atoms with Crippen molar-refractivity contribution in [1.82, 2.24) is 14.8 Å². The van der Waals surface area contributed by atoms with Gasteiger partial charge in [0.2, 0.25) is 0 Å². The number of anilines is 1. The van der Waals surface area contributed by atoms with Crippen LogP contribution in [0.5, 0.6) is 0 Å². The fourth-order valence-corrected chi connectivity index (χ4v) is 5.32. The molecular formula is C23H32N6O2S. The molecule has 2 amide bonds. The van der Waals surface area contributed by atoms with E-state index in [1.165, 1.54) is 4.88 Å². The Morgan fingerprint density at radius 2 is 2.09 bits per heavy atom. The third-order valence-electron chi connectivity index (χ3n) is 6.34. The molecule has 0 radical (unpaired) electrons. The Bertz CT molecular complexity index is 913. The van der Waals surface area contributed by atoms with Gasteiger partial charge in [-0.25, -0.2) is 4.79 Å². The summed E-state index contributed by atoms with van der Waals surface area (Å²) in [6.45, 7) is 5.79. The smallest absolute Gasteiger partial charge is 0.324 e. The number of nitrogens with one attached hydrogen (secondary N) is 1. The molecule has 0 saturated carbocycles. The molecule has 0 spiro atoms. The molecule has 2 saturated heterocycles. The number of urea groups is 1. The van der Waals surface area contributed by atoms with Gasteiger partial charge in [0.15, 0.2) is 0 Å². The van der Waals surface area contributed by atoms with Gasteiger partial charge in [-0.05, 0) is 44.0 Å². The molecule has 0 aliphatic carbocycles. The van der Waals surface area contributed by atoms with Crippen molar-refractivity contribution in [1.29, 1.82) is 5.41 Å². The molecular weight excluding hydrogens is 424 g/mol. The quantitative estimate of drug-likeness (QED) is 0.470. The van der Waals surface area contributed by atoms with Gasteiger partial charge < -0.3 is 15.4 Å². The van der Waals surface area contributed by atoms with Crippen molar-refractivity contribution >= 4 is 28.9 Å². The van der Waals surface area contributed by atoms with Gasteiger partial charge in [0.25, 0.3) is 0 Å². The molecule has 1 aromatic heterocycles. The summed E-state index contributed by atoms with van der Waals surface area (Å²) < 4.78 is 5.44. The number of ether oxygens (including phenoxy) is 1. The molecule has 0 bridgehead atoms.